The molecule has 1 aromatic heterocycles. The summed E-state index contributed by atoms with van der Waals surface area (Å²) in [6.45, 7) is 5.70. The standard InChI is InChI=1S/C10H16N2S/c1-9-7-10(11-13-9)8-12-5-3-2-4-6-12/h7H,2-6,8H2,1H3. The van der Waals surface area contributed by atoms with Crippen LogP contribution in [0.2, 0.25) is 0 Å². The lowest BCUT2D eigenvalue weighted by Gasteiger charge is -2.25. The molecule has 0 spiro atoms. The lowest BCUT2D eigenvalue weighted by atomic mass is 10.1. The van der Waals surface area contributed by atoms with Gasteiger partial charge < -0.3 is 0 Å². The maximum atomic E-state index is 4.41. The van der Waals surface area contributed by atoms with E-state index in [4.69, 9.17) is 0 Å². The Morgan fingerprint density at radius 2 is 2.15 bits per heavy atom. The summed E-state index contributed by atoms with van der Waals surface area (Å²) in [5.41, 5.74) is 1.25. The number of likely N-dealkylation sites (tertiary alicyclic amines) is 1. The first-order valence-corrected chi connectivity index (χ1v) is 5.76. The maximum absolute atomic E-state index is 4.41. The van der Waals surface area contributed by atoms with Crippen LogP contribution in [0.4, 0.5) is 0 Å². The zero-order chi connectivity index (χ0) is 9.10. The molecule has 1 fully saturated rings. The Morgan fingerprint density at radius 3 is 2.77 bits per heavy atom. The summed E-state index contributed by atoms with van der Waals surface area (Å²) in [7, 11) is 0. The third-order valence-electron chi connectivity index (χ3n) is 2.51. The number of piperidine rings is 1. The van der Waals surface area contributed by atoms with Crippen molar-refractivity contribution >= 4 is 11.5 Å². The Bertz CT molecular complexity index is 264. The third kappa shape index (κ3) is 2.51. The highest BCUT2D eigenvalue weighted by molar-refractivity contribution is 7.05. The van der Waals surface area contributed by atoms with Crippen LogP contribution in [0, 0.1) is 6.92 Å². The lowest BCUT2D eigenvalue weighted by Crippen LogP contribution is -2.29. The largest absolute Gasteiger partial charge is 0.297 e. The van der Waals surface area contributed by atoms with Gasteiger partial charge in [0.05, 0.1) is 5.69 Å². The van der Waals surface area contributed by atoms with Gasteiger partial charge >= 0.3 is 0 Å². The second-order valence-corrected chi connectivity index (χ2v) is 4.77. The van der Waals surface area contributed by atoms with E-state index >= 15 is 0 Å². The highest BCUT2D eigenvalue weighted by atomic mass is 32.1. The lowest BCUT2D eigenvalue weighted by molar-refractivity contribution is 0.219. The van der Waals surface area contributed by atoms with Gasteiger partial charge in [0.15, 0.2) is 0 Å². The molecule has 0 N–H and O–H groups in total. The summed E-state index contributed by atoms with van der Waals surface area (Å²) in [6, 6.07) is 2.21. The molecule has 1 saturated heterocycles. The van der Waals surface area contributed by atoms with Gasteiger partial charge in [0.2, 0.25) is 0 Å². The van der Waals surface area contributed by atoms with Gasteiger partial charge in [0, 0.05) is 11.4 Å². The van der Waals surface area contributed by atoms with Crippen molar-refractivity contribution in [2.45, 2.75) is 32.7 Å². The van der Waals surface area contributed by atoms with Gasteiger partial charge in [-0.2, -0.15) is 4.37 Å². The summed E-state index contributed by atoms with van der Waals surface area (Å²) < 4.78 is 4.41. The predicted molar refractivity (Wildman–Crippen MR) is 56.0 cm³/mol. The van der Waals surface area contributed by atoms with Crippen LogP contribution < -0.4 is 0 Å². The van der Waals surface area contributed by atoms with E-state index in [-0.39, 0.29) is 0 Å². The van der Waals surface area contributed by atoms with Crippen LogP contribution in [0.3, 0.4) is 0 Å². The molecule has 3 heteroatoms. The molecule has 0 aliphatic carbocycles. The Hall–Kier alpha value is -0.410. The van der Waals surface area contributed by atoms with Crippen LogP contribution in [0.15, 0.2) is 6.07 Å². The van der Waals surface area contributed by atoms with Crippen LogP contribution in [-0.4, -0.2) is 22.4 Å². The van der Waals surface area contributed by atoms with Gasteiger partial charge in [-0.3, -0.25) is 4.90 Å². The Balaban J connectivity index is 1.89. The molecular formula is C10H16N2S. The molecule has 2 nitrogen and oxygen atoms in total. The first kappa shape index (κ1) is 9.16. The Labute approximate surface area is 83.7 Å². The third-order valence-corrected chi connectivity index (χ3v) is 3.24. The van der Waals surface area contributed by atoms with Gasteiger partial charge in [0.1, 0.15) is 0 Å². The molecule has 13 heavy (non-hydrogen) atoms. The molecule has 0 saturated carbocycles. The smallest absolute Gasteiger partial charge is 0.0685 e. The van der Waals surface area contributed by atoms with Crippen molar-refractivity contribution in [3.05, 3.63) is 16.6 Å². The summed E-state index contributed by atoms with van der Waals surface area (Å²) >= 11 is 1.62. The normalized spacial score (nSPS) is 19.2. The van der Waals surface area contributed by atoms with Crippen molar-refractivity contribution in [2.24, 2.45) is 0 Å². The monoisotopic (exact) mass is 196 g/mol. The maximum Gasteiger partial charge on any atom is 0.0685 e. The SMILES string of the molecule is Cc1cc(CN2CCCCC2)ns1. The van der Waals surface area contributed by atoms with E-state index in [1.165, 1.54) is 42.9 Å². The van der Waals surface area contributed by atoms with Gasteiger partial charge in [-0.25, -0.2) is 0 Å². The van der Waals surface area contributed by atoms with E-state index in [1.54, 1.807) is 11.5 Å². The molecule has 0 bridgehead atoms. The highest BCUT2D eigenvalue weighted by Gasteiger charge is 2.11. The molecule has 0 aromatic carbocycles. The summed E-state index contributed by atoms with van der Waals surface area (Å²) in [5.74, 6) is 0. The van der Waals surface area contributed by atoms with Crippen molar-refractivity contribution in [1.82, 2.24) is 9.27 Å². The van der Waals surface area contributed by atoms with E-state index in [0.29, 0.717) is 0 Å². The van der Waals surface area contributed by atoms with E-state index in [1.807, 2.05) is 0 Å². The Kier molecular flexibility index (Phi) is 2.96. The van der Waals surface area contributed by atoms with Crippen LogP contribution in [0.1, 0.15) is 29.8 Å². The zero-order valence-corrected chi connectivity index (χ0v) is 8.94. The number of nitrogens with zero attached hydrogens (tertiary/aromatic N) is 2. The van der Waals surface area contributed by atoms with E-state index < -0.39 is 0 Å². The molecule has 1 aliphatic heterocycles. The van der Waals surface area contributed by atoms with E-state index in [0.717, 1.165) is 6.54 Å². The molecular weight excluding hydrogens is 180 g/mol. The van der Waals surface area contributed by atoms with Crippen molar-refractivity contribution in [3.8, 4) is 0 Å². The van der Waals surface area contributed by atoms with Crippen LogP contribution >= 0.6 is 11.5 Å². The average molecular weight is 196 g/mol. The molecule has 0 radical (unpaired) electrons. The summed E-state index contributed by atoms with van der Waals surface area (Å²) in [5, 5.41) is 0. The zero-order valence-electron chi connectivity index (χ0n) is 8.12. The number of hydrogen-bond acceptors (Lipinski definition) is 3. The quantitative estimate of drug-likeness (QED) is 0.722. The molecule has 2 heterocycles. The Morgan fingerprint density at radius 1 is 1.38 bits per heavy atom. The highest BCUT2D eigenvalue weighted by Crippen LogP contribution is 2.14. The van der Waals surface area contributed by atoms with Crippen molar-refractivity contribution in [3.63, 3.8) is 0 Å². The minimum Gasteiger partial charge on any atom is -0.297 e. The molecule has 0 amide bonds. The van der Waals surface area contributed by atoms with Gasteiger partial charge in [-0.1, -0.05) is 6.42 Å². The summed E-state index contributed by atoms with van der Waals surface area (Å²) in [4.78, 5) is 3.84. The summed E-state index contributed by atoms with van der Waals surface area (Å²) in [6.07, 6.45) is 4.14. The molecule has 0 atom stereocenters. The fourth-order valence-corrected chi connectivity index (χ4v) is 2.40. The second kappa shape index (κ2) is 4.20. The molecule has 2 rings (SSSR count). The number of rotatable bonds is 2. The topological polar surface area (TPSA) is 16.1 Å². The molecule has 72 valence electrons. The number of aromatic nitrogens is 1. The van der Waals surface area contributed by atoms with Gasteiger partial charge in [-0.05, 0) is 50.5 Å². The van der Waals surface area contributed by atoms with Gasteiger partial charge in [-0.15, -0.1) is 0 Å². The molecule has 1 aliphatic rings. The first-order chi connectivity index (χ1) is 6.34. The van der Waals surface area contributed by atoms with E-state index in [9.17, 15) is 0 Å². The van der Waals surface area contributed by atoms with Crippen LogP contribution in [0.5, 0.6) is 0 Å². The fraction of sp³-hybridized carbons (Fsp3) is 0.700. The predicted octanol–water partition coefficient (Wildman–Crippen LogP) is 2.44. The van der Waals surface area contributed by atoms with Crippen LogP contribution in [-0.2, 0) is 6.54 Å². The minimum absolute atomic E-state index is 1.06. The van der Waals surface area contributed by atoms with Crippen molar-refractivity contribution in [1.29, 1.82) is 0 Å². The fourth-order valence-electron chi connectivity index (χ4n) is 1.84. The van der Waals surface area contributed by atoms with Crippen molar-refractivity contribution in [2.75, 3.05) is 13.1 Å². The minimum atomic E-state index is 1.06. The van der Waals surface area contributed by atoms with Crippen molar-refractivity contribution < 1.29 is 0 Å². The molecule has 1 aromatic rings. The second-order valence-electron chi connectivity index (χ2n) is 3.77. The average Bonchev–Trinajstić information content (AvgIpc) is 2.53. The number of hydrogen-bond donors (Lipinski definition) is 0. The molecule has 0 unspecified atom stereocenters. The van der Waals surface area contributed by atoms with E-state index in [2.05, 4.69) is 22.3 Å². The van der Waals surface area contributed by atoms with Gasteiger partial charge in [0.25, 0.3) is 0 Å². The first-order valence-electron chi connectivity index (χ1n) is 4.99. The van der Waals surface area contributed by atoms with Crippen LogP contribution in [0.25, 0.3) is 0 Å². The number of aryl methyl sites for hydroxylation is 1.